The lowest BCUT2D eigenvalue weighted by Gasteiger charge is -2.15. The van der Waals surface area contributed by atoms with E-state index < -0.39 is 11.8 Å². The third-order valence-electron chi connectivity index (χ3n) is 2.75. The smallest absolute Gasteiger partial charge is 0.319 e. The second-order valence-corrected chi connectivity index (χ2v) is 4.61. The van der Waals surface area contributed by atoms with Gasteiger partial charge in [0.1, 0.15) is 0 Å². The van der Waals surface area contributed by atoms with Crippen LogP contribution in [0.2, 0.25) is 5.02 Å². The molecule has 4 nitrogen and oxygen atoms in total. The van der Waals surface area contributed by atoms with Crippen LogP contribution in [0.5, 0.6) is 0 Å². The largest absolute Gasteiger partial charge is 0.331 e. The number of rotatable bonds is 3. The van der Waals surface area contributed by atoms with E-state index in [0.717, 1.165) is 5.56 Å². The molecule has 1 atom stereocenters. The van der Waals surface area contributed by atoms with Gasteiger partial charge in [-0.15, -0.1) is 0 Å². The SMILES string of the molecule is C[C@H](NC(=O)Nc1cccc(Cl)c1F)c1ccncc1. The Morgan fingerprint density at radius 1 is 1.30 bits per heavy atom. The van der Waals surface area contributed by atoms with Crippen molar-refractivity contribution in [1.29, 1.82) is 0 Å². The van der Waals surface area contributed by atoms with Crippen LogP contribution in [-0.4, -0.2) is 11.0 Å². The fourth-order valence-corrected chi connectivity index (χ4v) is 1.87. The van der Waals surface area contributed by atoms with Crippen molar-refractivity contribution in [2.45, 2.75) is 13.0 Å². The Labute approximate surface area is 121 Å². The molecule has 2 rings (SSSR count). The molecule has 1 aromatic carbocycles. The van der Waals surface area contributed by atoms with Crippen molar-refractivity contribution in [3.05, 3.63) is 59.1 Å². The van der Waals surface area contributed by atoms with E-state index in [4.69, 9.17) is 11.6 Å². The van der Waals surface area contributed by atoms with Gasteiger partial charge in [0.15, 0.2) is 5.82 Å². The van der Waals surface area contributed by atoms with Crippen molar-refractivity contribution < 1.29 is 9.18 Å². The second kappa shape index (κ2) is 6.34. The molecule has 0 saturated carbocycles. The highest BCUT2D eigenvalue weighted by atomic mass is 35.5. The van der Waals surface area contributed by atoms with Gasteiger partial charge < -0.3 is 10.6 Å². The zero-order valence-electron chi connectivity index (χ0n) is 10.7. The standard InChI is InChI=1S/C14H13ClFN3O/c1-9(10-5-7-17-8-6-10)18-14(20)19-12-4-2-3-11(15)13(12)16/h2-9H,1H3,(H2,18,19,20)/t9-/m0/s1. The Hall–Kier alpha value is -2.14. The molecule has 0 saturated heterocycles. The molecule has 2 N–H and O–H groups in total. The van der Waals surface area contributed by atoms with Gasteiger partial charge in [0.2, 0.25) is 0 Å². The highest BCUT2D eigenvalue weighted by Gasteiger charge is 2.12. The zero-order chi connectivity index (χ0) is 14.5. The Morgan fingerprint density at radius 2 is 2.00 bits per heavy atom. The van der Waals surface area contributed by atoms with Crippen molar-refractivity contribution in [1.82, 2.24) is 10.3 Å². The summed E-state index contributed by atoms with van der Waals surface area (Å²) in [5.41, 5.74) is 0.943. The molecule has 1 heterocycles. The van der Waals surface area contributed by atoms with Crippen LogP contribution in [0.25, 0.3) is 0 Å². The number of nitrogens with zero attached hydrogens (tertiary/aromatic N) is 1. The van der Waals surface area contributed by atoms with Crippen LogP contribution < -0.4 is 10.6 Å². The average molecular weight is 294 g/mol. The Balaban J connectivity index is 2.01. The van der Waals surface area contributed by atoms with E-state index in [1.54, 1.807) is 30.6 Å². The average Bonchev–Trinajstić information content (AvgIpc) is 2.45. The van der Waals surface area contributed by atoms with Crippen LogP contribution in [0.3, 0.4) is 0 Å². The summed E-state index contributed by atoms with van der Waals surface area (Å²) >= 11 is 5.65. The number of carbonyl (C=O) groups is 1. The topological polar surface area (TPSA) is 54.0 Å². The molecule has 104 valence electrons. The number of urea groups is 1. The lowest BCUT2D eigenvalue weighted by molar-refractivity contribution is 0.249. The fourth-order valence-electron chi connectivity index (χ4n) is 1.69. The van der Waals surface area contributed by atoms with Crippen LogP contribution >= 0.6 is 11.6 Å². The lowest BCUT2D eigenvalue weighted by Crippen LogP contribution is -2.31. The number of benzene rings is 1. The molecule has 2 aromatic rings. The molecule has 0 aliphatic heterocycles. The van der Waals surface area contributed by atoms with Crippen LogP contribution in [0, 0.1) is 5.82 Å². The molecule has 0 unspecified atom stereocenters. The number of nitrogens with one attached hydrogen (secondary N) is 2. The summed E-state index contributed by atoms with van der Waals surface area (Å²) in [5.74, 6) is -0.652. The van der Waals surface area contributed by atoms with Crippen molar-refractivity contribution in [3.8, 4) is 0 Å². The monoisotopic (exact) mass is 293 g/mol. The van der Waals surface area contributed by atoms with E-state index in [9.17, 15) is 9.18 Å². The van der Waals surface area contributed by atoms with E-state index >= 15 is 0 Å². The first-order chi connectivity index (χ1) is 9.58. The van der Waals surface area contributed by atoms with Crippen molar-refractivity contribution in [2.75, 3.05) is 5.32 Å². The van der Waals surface area contributed by atoms with E-state index in [0.29, 0.717) is 0 Å². The van der Waals surface area contributed by atoms with E-state index in [-0.39, 0.29) is 16.8 Å². The van der Waals surface area contributed by atoms with Crippen LogP contribution in [0.1, 0.15) is 18.5 Å². The summed E-state index contributed by atoms with van der Waals surface area (Å²) < 4.78 is 13.6. The minimum absolute atomic E-state index is 0.0371. The molecule has 20 heavy (non-hydrogen) atoms. The molecular formula is C14H13ClFN3O. The third kappa shape index (κ3) is 3.45. The van der Waals surface area contributed by atoms with Gasteiger partial charge in [0.25, 0.3) is 0 Å². The Bertz CT molecular complexity index is 607. The lowest BCUT2D eigenvalue weighted by atomic mass is 10.1. The van der Waals surface area contributed by atoms with Gasteiger partial charge in [0, 0.05) is 12.4 Å². The fraction of sp³-hybridized carbons (Fsp3) is 0.143. The van der Waals surface area contributed by atoms with Crippen LogP contribution in [0.4, 0.5) is 14.9 Å². The number of anilines is 1. The third-order valence-corrected chi connectivity index (χ3v) is 3.05. The molecule has 0 radical (unpaired) electrons. The summed E-state index contributed by atoms with van der Waals surface area (Å²) in [7, 11) is 0. The van der Waals surface area contributed by atoms with E-state index in [1.165, 1.54) is 12.1 Å². The number of hydrogen-bond donors (Lipinski definition) is 2. The maximum atomic E-state index is 13.6. The second-order valence-electron chi connectivity index (χ2n) is 4.20. The van der Waals surface area contributed by atoms with Crippen molar-refractivity contribution >= 4 is 23.3 Å². The van der Waals surface area contributed by atoms with E-state index in [1.807, 2.05) is 6.92 Å². The van der Waals surface area contributed by atoms with Gasteiger partial charge >= 0.3 is 6.03 Å². The van der Waals surface area contributed by atoms with Crippen molar-refractivity contribution in [3.63, 3.8) is 0 Å². The summed E-state index contributed by atoms with van der Waals surface area (Å²) in [5, 5.41) is 5.09. The predicted molar refractivity (Wildman–Crippen MR) is 76.2 cm³/mol. The predicted octanol–water partition coefficient (Wildman–Crippen LogP) is 3.76. The summed E-state index contributed by atoms with van der Waals surface area (Å²) in [4.78, 5) is 15.7. The Morgan fingerprint density at radius 3 is 2.70 bits per heavy atom. The number of amides is 2. The molecule has 0 bridgehead atoms. The molecule has 2 amide bonds. The number of pyridine rings is 1. The number of aromatic nitrogens is 1. The number of carbonyl (C=O) groups excluding carboxylic acids is 1. The minimum atomic E-state index is -0.652. The molecule has 0 aliphatic carbocycles. The van der Waals surface area contributed by atoms with Gasteiger partial charge in [-0.3, -0.25) is 4.98 Å². The molecule has 0 aliphatic rings. The zero-order valence-corrected chi connectivity index (χ0v) is 11.5. The first kappa shape index (κ1) is 14.3. The van der Waals surface area contributed by atoms with Gasteiger partial charge in [-0.25, -0.2) is 9.18 Å². The maximum absolute atomic E-state index is 13.6. The molecule has 0 fully saturated rings. The first-order valence-corrected chi connectivity index (χ1v) is 6.37. The van der Waals surface area contributed by atoms with Gasteiger partial charge in [-0.2, -0.15) is 0 Å². The quantitative estimate of drug-likeness (QED) is 0.905. The summed E-state index contributed by atoms with van der Waals surface area (Å²) in [6, 6.07) is 7.29. The normalized spacial score (nSPS) is 11.8. The molecule has 1 aromatic heterocycles. The Kier molecular flexibility index (Phi) is 4.53. The molecule has 0 spiro atoms. The van der Waals surface area contributed by atoms with Gasteiger partial charge in [-0.05, 0) is 36.8 Å². The van der Waals surface area contributed by atoms with E-state index in [2.05, 4.69) is 15.6 Å². The molecular weight excluding hydrogens is 281 g/mol. The van der Waals surface area contributed by atoms with Crippen LogP contribution in [0.15, 0.2) is 42.7 Å². The van der Waals surface area contributed by atoms with Gasteiger partial charge in [-0.1, -0.05) is 17.7 Å². The molecule has 6 heteroatoms. The number of hydrogen-bond acceptors (Lipinski definition) is 2. The summed E-state index contributed by atoms with van der Waals surface area (Å²) in [6.45, 7) is 1.82. The minimum Gasteiger partial charge on any atom is -0.331 e. The summed E-state index contributed by atoms with van der Waals surface area (Å²) in [6.07, 6.45) is 3.28. The maximum Gasteiger partial charge on any atom is 0.319 e. The highest BCUT2D eigenvalue weighted by molar-refractivity contribution is 6.31. The van der Waals surface area contributed by atoms with Gasteiger partial charge in [0.05, 0.1) is 16.8 Å². The van der Waals surface area contributed by atoms with Crippen LogP contribution in [-0.2, 0) is 0 Å². The first-order valence-electron chi connectivity index (χ1n) is 5.99. The van der Waals surface area contributed by atoms with Crippen molar-refractivity contribution in [2.24, 2.45) is 0 Å². The number of halogens is 2. The highest BCUT2D eigenvalue weighted by Crippen LogP contribution is 2.22.